The molecule has 0 saturated heterocycles. The Bertz CT molecular complexity index is 875. The molecule has 0 aromatic heterocycles. The Hall–Kier alpha value is -3.52. The van der Waals surface area contributed by atoms with Crippen molar-refractivity contribution < 1.29 is 17.9 Å². The molecule has 132 valence electrons. The van der Waals surface area contributed by atoms with E-state index in [0.717, 1.165) is 17.7 Å². The van der Waals surface area contributed by atoms with Gasteiger partial charge in [0.15, 0.2) is 0 Å². The molecule has 26 heavy (non-hydrogen) atoms. The summed E-state index contributed by atoms with van der Waals surface area (Å²) in [5.74, 6) is 0.556. The number of hydrogen-bond donors (Lipinski definition) is 1. The molecule has 0 atom stereocenters. The van der Waals surface area contributed by atoms with Crippen molar-refractivity contribution in [3.8, 4) is 17.9 Å². The van der Waals surface area contributed by atoms with Crippen molar-refractivity contribution in [1.82, 2.24) is 0 Å². The number of ether oxygens (including phenoxy) is 1. The number of anilines is 1. The van der Waals surface area contributed by atoms with Crippen molar-refractivity contribution in [1.29, 1.82) is 10.5 Å². The molecule has 1 N–H and O–H groups in total. The van der Waals surface area contributed by atoms with Crippen LogP contribution >= 0.6 is 0 Å². The van der Waals surface area contributed by atoms with E-state index < -0.39 is 11.7 Å². The fourth-order valence-corrected chi connectivity index (χ4v) is 2.03. The van der Waals surface area contributed by atoms with Gasteiger partial charge in [0.2, 0.25) is 5.71 Å². The van der Waals surface area contributed by atoms with E-state index in [4.69, 9.17) is 15.3 Å². The van der Waals surface area contributed by atoms with Crippen molar-refractivity contribution in [2.75, 3.05) is 5.43 Å². The lowest BCUT2D eigenvalue weighted by Crippen LogP contribution is -2.05. The SMILES string of the molecule is Cc1cc(NN=C(C#N)C#N)ccc1OCc1ccc(C(F)(F)F)cc1. The summed E-state index contributed by atoms with van der Waals surface area (Å²) in [5.41, 5.74) is 3.51. The number of nitrogens with one attached hydrogen (secondary N) is 1. The van der Waals surface area contributed by atoms with Gasteiger partial charge < -0.3 is 4.74 Å². The van der Waals surface area contributed by atoms with Crippen LogP contribution < -0.4 is 10.2 Å². The predicted molar refractivity (Wildman–Crippen MR) is 89.2 cm³/mol. The summed E-state index contributed by atoms with van der Waals surface area (Å²) < 4.78 is 43.2. The Morgan fingerprint density at radius 1 is 1.12 bits per heavy atom. The molecule has 0 spiro atoms. The fraction of sp³-hybridized carbons (Fsp3) is 0.167. The molecule has 5 nitrogen and oxygen atoms in total. The van der Waals surface area contributed by atoms with Gasteiger partial charge in [0.05, 0.1) is 11.3 Å². The zero-order valence-corrected chi connectivity index (χ0v) is 13.6. The van der Waals surface area contributed by atoms with Crippen LogP contribution in [0.3, 0.4) is 0 Å². The molecular weight excluding hydrogens is 345 g/mol. The topological polar surface area (TPSA) is 81.2 Å². The van der Waals surface area contributed by atoms with Crippen LogP contribution in [0, 0.1) is 29.6 Å². The molecule has 0 amide bonds. The van der Waals surface area contributed by atoms with Crippen LogP contribution in [0.1, 0.15) is 16.7 Å². The largest absolute Gasteiger partial charge is 0.489 e. The van der Waals surface area contributed by atoms with E-state index in [-0.39, 0.29) is 12.3 Å². The van der Waals surface area contributed by atoms with Crippen LogP contribution in [0.2, 0.25) is 0 Å². The number of hydrogen-bond acceptors (Lipinski definition) is 5. The van der Waals surface area contributed by atoms with E-state index in [9.17, 15) is 13.2 Å². The number of aryl methyl sites for hydroxylation is 1. The van der Waals surface area contributed by atoms with Gasteiger partial charge >= 0.3 is 6.18 Å². The molecule has 8 heteroatoms. The van der Waals surface area contributed by atoms with Crippen LogP contribution in [-0.2, 0) is 12.8 Å². The average molecular weight is 358 g/mol. The van der Waals surface area contributed by atoms with Crippen molar-refractivity contribution >= 4 is 11.4 Å². The fourth-order valence-electron chi connectivity index (χ4n) is 2.03. The van der Waals surface area contributed by atoms with Crippen molar-refractivity contribution in [2.45, 2.75) is 19.7 Å². The van der Waals surface area contributed by atoms with E-state index in [1.807, 2.05) is 0 Å². The van der Waals surface area contributed by atoms with Gasteiger partial charge in [0.25, 0.3) is 0 Å². The lowest BCUT2D eigenvalue weighted by Gasteiger charge is -2.11. The third-order valence-corrected chi connectivity index (χ3v) is 3.36. The summed E-state index contributed by atoms with van der Waals surface area (Å²) in [6, 6.07) is 13.0. The number of alkyl halides is 3. The minimum Gasteiger partial charge on any atom is -0.489 e. The molecule has 0 fully saturated rings. The first-order valence-corrected chi connectivity index (χ1v) is 7.37. The Morgan fingerprint density at radius 2 is 1.77 bits per heavy atom. The summed E-state index contributed by atoms with van der Waals surface area (Å²) in [6.07, 6.45) is -4.36. The van der Waals surface area contributed by atoms with Crippen LogP contribution in [0.4, 0.5) is 18.9 Å². The molecule has 2 aromatic rings. The Morgan fingerprint density at radius 3 is 2.31 bits per heavy atom. The standard InChI is InChI=1S/C18H13F3N4O/c1-12-8-15(24-25-16(9-22)10-23)6-7-17(12)26-11-13-2-4-14(5-3-13)18(19,20)21/h2-8,24H,11H2,1H3. The maximum Gasteiger partial charge on any atom is 0.416 e. The highest BCUT2D eigenvalue weighted by atomic mass is 19.4. The van der Waals surface area contributed by atoms with Gasteiger partial charge in [-0.2, -0.15) is 28.8 Å². The first kappa shape index (κ1) is 18.8. The zero-order chi connectivity index (χ0) is 19.2. The molecule has 2 rings (SSSR count). The normalized spacial score (nSPS) is 10.4. The number of nitrogens with zero attached hydrogens (tertiary/aromatic N) is 3. The second-order valence-corrected chi connectivity index (χ2v) is 5.26. The monoisotopic (exact) mass is 358 g/mol. The van der Waals surface area contributed by atoms with Gasteiger partial charge in [0, 0.05) is 0 Å². The quantitative estimate of drug-likeness (QED) is 0.634. The summed E-state index contributed by atoms with van der Waals surface area (Å²) in [6.45, 7) is 1.91. The smallest absolute Gasteiger partial charge is 0.416 e. The summed E-state index contributed by atoms with van der Waals surface area (Å²) in [5, 5.41) is 20.9. The van der Waals surface area contributed by atoms with Gasteiger partial charge in [0.1, 0.15) is 24.5 Å². The second-order valence-electron chi connectivity index (χ2n) is 5.26. The lowest BCUT2D eigenvalue weighted by atomic mass is 10.1. The van der Waals surface area contributed by atoms with Crippen LogP contribution in [-0.4, -0.2) is 5.71 Å². The molecule has 2 aromatic carbocycles. The van der Waals surface area contributed by atoms with E-state index >= 15 is 0 Å². The highest BCUT2D eigenvalue weighted by molar-refractivity contribution is 6.10. The molecule has 0 heterocycles. The second kappa shape index (κ2) is 8.04. The average Bonchev–Trinajstić information content (AvgIpc) is 2.61. The maximum absolute atomic E-state index is 12.5. The zero-order valence-electron chi connectivity index (χ0n) is 13.6. The summed E-state index contributed by atoms with van der Waals surface area (Å²) in [4.78, 5) is 0. The number of rotatable bonds is 5. The van der Waals surface area contributed by atoms with Crippen molar-refractivity contribution in [2.24, 2.45) is 5.10 Å². The molecular formula is C18H13F3N4O. The number of halogens is 3. The number of benzene rings is 2. The van der Waals surface area contributed by atoms with Crippen LogP contribution in [0.25, 0.3) is 0 Å². The van der Waals surface area contributed by atoms with E-state index in [1.54, 1.807) is 37.3 Å². The van der Waals surface area contributed by atoms with Gasteiger partial charge in [-0.25, -0.2) is 0 Å². The highest BCUT2D eigenvalue weighted by Crippen LogP contribution is 2.29. The van der Waals surface area contributed by atoms with Gasteiger partial charge in [-0.3, -0.25) is 5.43 Å². The number of nitriles is 2. The lowest BCUT2D eigenvalue weighted by molar-refractivity contribution is -0.137. The summed E-state index contributed by atoms with van der Waals surface area (Å²) in [7, 11) is 0. The Balaban J connectivity index is 2.01. The first-order valence-electron chi connectivity index (χ1n) is 7.37. The molecule has 0 aliphatic rings. The highest BCUT2D eigenvalue weighted by Gasteiger charge is 2.29. The molecule has 0 aliphatic heterocycles. The molecule has 0 radical (unpaired) electrons. The van der Waals surface area contributed by atoms with Crippen LogP contribution in [0.15, 0.2) is 47.6 Å². The first-order chi connectivity index (χ1) is 12.3. The van der Waals surface area contributed by atoms with Crippen molar-refractivity contribution in [3.63, 3.8) is 0 Å². The maximum atomic E-state index is 12.5. The van der Waals surface area contributed by atoms with Crippen molar-refractivity contribution in [3.05, 3.63) is 59.2 Å². The van der Waals surface area contributed by atoms with Crippen LogP contribution in [0.5, 0.6) is 5.75 Å². The summed E-state index contributed by atoms with van der Waals surface area (Å²) >= 11 is 0. The molecule has 0 bridgehead atoms. The predicted octanol–water partition coefficient (Wildman–Crippen LogP) is 4.41. The Labute approximate surface area is 147 Å². The van der Waals surface area contributed by atoms with Gasteiger partial charge in [-0.1, -0.05) is 12.1 Å². The van der Waals surface area contributed by atoms with Gasteiger partial charge in [-0.15, -0.1) is 0 Å². The minimum absolute atomic E-state index is 0.122. The third-order valence-electron chi connectivity index (χ3n) is 3.36. The van der Waals surface area contributed by atoms with E-state index in [0.29, 0.717) is 17.0 Å². The van der Waals surface area contributed by atoms with Gasteiger partial charge in [-0.05, 0) is 48.4 Å². The minimum atomic E-state index is -4.36. The number of hydrazone groups is 1. The molecule has 0 aliphatic carbocycles. The Kier molecular flexibility index (Phi) is 5.82. The van der Waals surface area contributed by atoms with E-state index in [1.165, 1.54) is 12.1 Å². The molecule has 0 unspecified atom stereocenters. The third kappa shape index (κ3) is 4.99. The van der Waals surface area contributed by atoms with E-state index in [2.05, 4.69) is 10.5 Å². The molecule has 0 saturated carbocycles.